The maximum Gasteiger partial charge on any atom is 0.416 e. The predicted octanol–water partition coefficient (Wildman–Crippen LogP) is 5.17. The number of anilines is 3. The Kier molecular flexibility index (Phi) is 5.67. The van der Waals surface area contributed by atoms with Gasteiger partial charge in [0, 0.05) is 18.3 Å². The van der Waals surface area contributed by atoms with Crippen LogP contribution >= 0.6 is 0 Å². The van der Waals surface area contributed by atoms with E-state index >= 15 is 0 Å². The molecular formula is C20H19F3N4O. The molecule has 0 spiro atoms. The normalized spacial score (nSPS) is 11.2. The molecule has 146 valence electrons. The van der Waals surface area contributed by atoms with Crippen molar-refractivity contribution in [2.24, 2.45) is 0 Å². The van der Waals surface area contributed by atoms with Gasteiger partial charge >= 0.3 is 6.18 Å². The van der Waals surface area contributed by atoms with Crippen LogP contribution < -0.4 is 15.4 Å². The standard InChI is InChI=1S/C20H19F3N4O/c1-13-25-18(24-12-14-3-9-17(28-2)10-4-14)11-19(26-13)27-16-7-5-15(6-8-16)20(21,22)23/h3-11H,12H2,1-2H3,(H2,24,25,26,27). The molecule has 0 aliphatic rings. The van der Waals surface area contributed by atoms with Crippen LogP contribution in [0.2, 0.25) is 0 Å². The van der Waals surface area contributed by atoms with Crippen molar-refractivity contribution in [1.29, 1.82) is 0 Å². The van der Waals surface area contributed by atoms with Crippen LogP contribution in [0.3, 0.4) is 0 Å². The fourth-order valence-electron chi connectivity index (χ4n) is 2.55. The Labute approximate surface area is 160 Å². The molecule has 2 N–H and O–H groups in total. The van der Waals surface area contributed by atoms with Gasteiger partial charge < -0.3 is 15.4 Å². The maximum atomic E-state index is 12.7. The molecule has 3 aromatic rings. The van der Waals surface area contributed by atoms with E-state index in [4.69, 9.17) is 4.74 Å². The van der Waals surface area contributed by atoms with Crippen molar-refractivity contribution in [2.45, 2.75) is 19.6 Å². The van der Waals surface area contributed by atoms with Crippen molar-refractivity contribution in [3.05, 3.63) is 71.5 Å². The monoisotopic (exact) mass is 388 g/mol. The summed E-state index contributed by atoms with van der Waals surface area (Å²) >= 11 is 0. The molecule has 0 atom stereocenters. The lowest BCUT2D eigenvalue weighted by molar-refractivity contribution is -0.137. The Morgan fingerprint density at radius 3 is 2.18 bits per heavy atom. The number of halogens is 3. The molecule has 0 radical (unpaired) electrons. The zero-order chi connectivity index (χ0) is 20.1. The van der Waals surface area contributed by atoms with E-state index < -0.39 is 11.7 Å². The Balaban J connectivity index is 1.68. The number of ether oxygens (including phenoxy) is 1. The summed E-state index contributed by atoms with van der Waals surface area (Å²) in [6.07, 6.45) is -4.36. The zero-order valence-corrected chi connectivity index (χ0v) is 15.3. The summed E-state index contributed by atoms with van der Waals surface area (Å²) in [6.45, 7) is 2.30. The van der Waals surface area contributed by atoms with Gasteiger partial charge in [-0.15, -0.1) is 0 Å². The lowest BCUT2D eigenvalue weighted by Gasteiger charge is -2.12. The molecule has 0 aliphatic heterocycles. The van der Waals surface area contributed by atoms with Gasteiger partial charge in [-0.05, 0) is 48.9 Å². The smallest absolute Gasteiger partial charge is 0.416 e. The number of benzene rings is 2. The number of aromatic nitrogens is 2. The van der Waals surface area contributed by atoms with Gasteiger partial charge in [-0.2, -0.15) is 13.2 Å². The third-order valence-corrected chi connectivity index (χ3v) is 3.96. The first kappa shape index (κ1) is 19.5. The van der Waals surface area contributed by atoms with Crippen molar-refractivity contribution in [2.75, 3.05) is 17.7 Å². The minimum Gasteiger partial charge on any atom is -0.497 e. The summed E-state index contributed by atoms with van der Waals surface area (Å²) in [7, 11) is 1.61. The van der Waals surface area contributed by atoms with E-state index in [1.807, 2.05) is 24.3 Å². The van der Waals surface area contributed by atoms with Crippen LogP contribution in [0, 0.1) is 6.92 Å². The van der Waals surface area contributed by atoms with E-state index in [-0.39, 0.29) is 0 Å². The molecule has 5 nitrogen and oxygen atoms in total. The molecule has 8 heteroatoms. The lowest BCUT2D eigenvalue weighted by Crippen LogP contribution is -2.06. The van der Waals surface area contributed by atoms with E-state index in [2.05, 4.69) is 20.6 Å². The van der Waals surface area contributed by atoms with E-state index in [9.17, 15) is 13.2 Å². The number of methoxy groups -OCH3 is 1. The van der Waals surface area contributed by atoms with Crippen LogP contribution in [-0.2, 0) is 12.7 Å². The van der Waals surface area contributed by atoms with Gasteiger partial charge in [0.15, 0.2) is 0 Å². The highest BCUT2D eigenvalue weighted by atomic mass is 19.4. The predicted molar refractivity (Wildman–Crippen MR) is 102 cm³/mol. The number of nitrogens with zero attached hydrogens (tertiary/aromatic N) is 2. The molecule has 1 heterocycles. The van der Waals surface area contributed by atoms with Crippen LogP contribution in [0.1, 0.15) is 17.0 Å². The molecule has 0 saturated carbocycles. The van der Waals surface area contributed by atoms with Crippen molar-refractivity contribution in [3.63, 3.8) is 0 Å². The topological polar surface area (TPSA) is 59.1 Å². The molecule has 0 unspecified atom stereocenters. The van der Waals surface area contributed by atoms with Gasteiger partial charge in [-0.25, -0.2) is 9.97 Å². The highest BCUT2D eigenvalue weighted by Crippen LogP contribution is 2.30. The van der Waals surface area contributed by atoms with Gasteiger partial charge in [-0.1, -0.05) is 12.1 Å². The third kappa shape index (κ3) is 5.12. The second-order valence-corrected chi connectivity index (χ2v) is 6.09. The van der Waals surface area contributed by atoms with Gasteiger partial charge in [-0.3, -0.25) is 0 Å². The van der Waals surface area contributed by atoms with Crippen molar-refractivity contribution >= 4 is 17.3 Å². The van der Waals surface area contributed by atoms with Crippen LogP contribution in [-0.4, -0.2) is 17.1 Å². The summed E-state index contributed by atoms with van der Waals surface area (Å²) in [4.78, 5) is 8.61. The van der Waals surface area contributed by atoms with Crippen LogP contribution in [0.15, 0.2) is 54.6 Å². The molecule has 3 rings (SSSR count). The molecule has 0 saturated heterocycles. The summed E-state index contributed by atoms with van der Waals surface area (Å²) in [5.41, 5.74) is 0.861. The Morgan fingerprint density at radius 1 is 0.929 bits per heavy atom. The largest absolute Gasteiger partial charge is 0.497 e. The summed E-state index contributed by atoms with van der Waals surface area (Å²) in [5, 5.41) is 6.22. The summed E-state index contributed by atoms with van der Waals surface area (Å²) < 4.78 is 43.1. The molecule has 28 heavy (non-hydrogen) atoms. The first-order valence-corrected chi connectivity index (χ1v) is 8.50. The van der Waals surface area contributed by atoms with Crippen molar-refractivity contribution in [3.8, 4) is 5.75 Å². The van der Waals surface area contributed by atoms with E-state index in [0.29, 0.717) is 29.7 Å². The quantitative estimate of drug-likeness (QED) is 0.610. The Morgan fingerprint density at radius 2 is 1.57 bits per heavy atom. The van der Waals surface area contributed by atoms with Gasteiger partial charge in [0.2, 0.25) is 0 Å². The molecule has 1 aromatic heterocycles. The van der Waals surface area contributed by atoms with Crippen LogP contribution in [0.4, 0.5) is 30.5 Å². The number of aryl methyl sites for hydroxylation is 1. The van der Waals surface area contributed by atoms with E-state index in [1.54, 1.807) is 20.1 Å². The first-order valence-electron chi connectivity index (χ1n) is 8.50. The Hall–Kier alpha value is -3.29. The summed E-state index contributed by atoms with van der Waals surface area (Å²) in [5.74, 6) is 2.42. The number of nitrogens with one attached hydrogen (secondary N) is 2. The summed E-state index contributed by atoms with van der Waals surface area (Å²) in [6, 6.07) is 14.1. The maximum absolute atomic E-state index is 12.7. The second-order valence-electron chi connectivity index (χ2n) is 6.09. The third-order valence-electron chi connectivity index (χ3n) is 3.96. The second kappa shape index (κ2) is 8.16. The molecule has 2 aromatic carbocycles. The minimum absolute atomic E-state index is 0.490. The molecule has 0 aliphatic carbocycles. The first-order chi connectivity index (χ1) is 13.3. The SMILES string of the molecule is COc1ccc(CNc2cc(Nc3ccc(C(F)(F)F)cc3)nc(C)n2)cc1. The molecule has 0 fully saturated rings. The van der Waals surface area contributed by atoms with Gasteiger partial charge in [0.25, 0.3) is 0 Å². The molecule has 0 bridgehead atoms. The van der Waals surface area contributed by atoms with E-state index in [0.717, 1.165) is 23.4 Å². The fourth-order valence-corrected chi connectivity index (χ4v) is 2.55. The number of hydrogen-bond acceptors (Lipinski definition) is 5. The molecule has 0 amide bonds. The van der Waals surface area contributed by atoms with Gasteiger partial charge in [0.1, 0.15) is 23.2 Å². The number of hydrogen-bond donors (Lipinski definition) is 2. The van der Waals surface area contributed by atoms with Crippen LogP contribution in [0.5, 0.6) is 5.75 Å². The molecular weight excluding hydrogens is 369 g/mol. The van der Waals surface area contributed by atoms with Gasteiger partial charge in [0.05, 0.1) is 12.7 Å². The van der Waals surface area contributed by atoms with E-state index in [1.165, 1.54) is 12.1 Å². The van der Waals surface area contributed by atoms with Crippen molar-refractivity contribution in [1.82, 2.24) is 9.97 Å². The average Bonchev–Trinajstić information content (AvgIpc) is 2.66. The number of rotatable bonds is 6. The van der Waals surface area contributed by atoms with Crippen molar-refractivity contribution < 1.29 is 17.9 Å². The highest BCUT2D eigenvalue weighted by molar-refractivity contribution is 5.59. The average molecular weight is 388 g/mol. The minimum atomic E-state index is -4.36. The zero-order valence-electron chi connectivity index (χ0n) is 15.3. The Bertz CT molecular complexity index is 926. The fraction of sp³-hybridized carbons (Fsp3) is 0.200. The number of alkyl halides is 3. The van der Waals surface area contributed by atoms with Crippen LogP contribution in [0.25, 0.3) is 0 Å². The lowest BCUT2D eigenvalue weighted by atomic mass is 10.2. The highest BCUT2D eigenvalue weighted by Gasteiger charge is 2.29.